The Hall–Kier alpha value is -1.59. The fourth-order valence-corrected chi connectivity index (χ4v) is 4.70. The lowest BCUT2D eigenvalue weighted by molar-refractivity contribution is 0.101. The van der Waals surface area contributed by atoms with Crippen LogP contribution in [0.3, 0.4) is 0 Å². The molecule has 1 heterocycles. The van der Waals surface area contributed by atoms with Crippen LogP contribution in [0.5, 0.6) is 0 Å². The van der Waals surface area contributed by atoms with E-state index in [2.05, 4.69) is 17.4 Å². The van der Waals surface area contributed by atoms with Crippen LogP contribution in [0.4, 0.5) is 5.69 Å². The molecule has 1 aromatic heterocycles. The first kappa shape index (κ1) is 16.3. The van der Waals surface area contributed by atoms with Gasteiger partial charge in [-0.05, 0) is 56.2 Å². The average molecular weight is 345 g/mol. The maximum Gasteiger partial charge on any atom is 0.265 e. The highest BCUT2D eigenvalue weighted by Crippen LogP contribution is 2.35. The van der Waals surface area contributed by atoms with Gasteiger partial charge in [-0.25, -0.2) is 0 Å². The number of thiophene rings is 1. The van der Waals surface area contributed by atoms with Crippen molar-refractivity contribution in [3.8, 4) is 0 Å². The molecule has 0 radical (unpaired) electrons. The molecule has 1 fully saturated rings. The maximum atomic E-state index is 12.2. The molecule has 1 saturated carbocycles. The van der Waals surface area contributed by atoms with Gasteiger partial charge in [0.15, 0.2) is 5.78 Å². The molecule has 3 nitrogen and oxygen atoms in total. The summed E-state index contributed by atoms with van der Waals surface area (Å²) < 4.78 is 0. The van der Waals surface area contributed by atoms with Crippen LogP contribution in [0, 0.1) is 0 Å². The molecule has 3 rings (SSSR count). The fraction of sp³-hybridized carbons (Fsp3) is 0.333. The maximum absolute atomic E-state index is 12.2. The highest BCUT2D eigenvalue weighted by molar-refractivity contribution is 8.00. The average Bonchev–Trinajstić information content (AvgIpc) is 3.20. The van der Waals surface area contributed by atoms with Gasteiger partial charge >= 0.3 is 0 Å². The van der Waals surface area contributed by atoms with E-state index in [1.807, 2.05) is 23.9 Å². The van der Waals surface area contributed by atoms with Crippen LogP contribution in [0.1, 0.15) is 52.0 Å². The number of carbonyl (C=O) groups is 2. The van der Waals surface area contributed by atoms with Crippen LogP contribution in [0.15, 0.2) is 41.3 Å². The van der Waals surface area contributed by atoms with Crippen molar-refractivity contribution in [1.82, 2.24) is 0 Å². The van der Waals surface area contributed by atoms with Crippen LogP contribution in [0.2, 0.25) is 0 Å². The first-order chi connectivity index (χ1) is 11.1. The van der Waals surface area contributed by atoms with Crippen molar-refractivity contribution < 1.29 is 9.59 Å². The van der Waals surface area contributed by atoms with E-state index in [9.17, 15) is 9.59 Å². The first-order valence-electron chi connectivity index (χ1n) is 7.80. The molecule has 1 N–H and O–H groups in total. The summed E-state index contributed by atoms with van der Waals surface area (Å²) in [6.07, 6.45) is 5.30. The summed E-state index contributed by atoms with van der Waals surface area (Å²) in [6, 6.07) is 11.4. The minimum Gasteiger partial charge on any atom is -0.321 e. The third kappa shape index (κ3) is 4.24. The second kappa shape index (κ2) is 7.32. The molecule has 1 amide bonds. The number of thioether (sulfide) groups is 1. The molecule has 1 aromatic carbocycles. The molecule has 120 valence electrons. The number of anilines is 1. The lowest BCUT2D eigenvalue weighted by atomic mass is 10.3. The fourth-order valence-electron chi connectivity index (χ4n) is 2.66. The third-order valence-electron chi connectivity index (χ3n) is 3.89. The second-order valence-electron chi connectivity index (χ2n) is 5.72. The summed E-state index contributed by atoms with van der Waals surface area (Å²) >= 11 is 3.16. The summed E-state index contributed by atoms with van der Waals surface area (Å²) in [6.45, 7) is 1.51. The van der Waals surface area contributed by atoms with Crippen molar-refractivity contribution in [3.05, 3.63) is 46.2 Å². The Kier molecular flexibility index (Phi) is 5.18. The molecule has 0 saturated heterocycles. The van der Waals surface area contributed by atoms with Gasteiger partial charge in [0.05, 0.1) is 9.75 Å². The quantitative estimate of drug-likeness (QED) is 0.754. The van der Waals surface area contributed by atoms with Crippen molar-refractivity contribution in [1.29, 1.82) is 0 Å². The van der Waals surface area contributed by atoms with E-state index in [-0.39, 0.29) is 11.7 Å². The lowest BCUT2D eigenvalue weighted by Gasteiger charge is -2.09. The van der Waals surface area contributed by atoms with Crippen molar-refractivity contribution in [3.63, 3.8) is 0 Å². The van der Waals surface area contributed by atoms with E-state index < -0.39 is 0 Å². The smallest absolute Gasteiger partial charge is 0.265 e. The molecule has 0 unspecified atom stereocenters. The van der Waals surface area contributed by atoms with Crippen LogP contribution < -0.4 is 5.32 Å². The number of hydrogen-bond donors (Lipinski definition) is 1. The van der Waals surface area contributed by atoms with Gasteiger partial charge in [0.25, 0.3) is 5.91 Å². The molecule has 0 spiro atoms. The van der Waals surface area contributed by atoms with Crippen molar-refractivity contribution in [2.75, 3.05) is 5.32 Å². The summed E-state index contributed by atoms with van der Waals surface area (Å²) in [5.41, 5.74) is 0.781. The van der Waals surface area contributed by atoms with Gasteiger partial charge in [-0.3, -0.25) is 9.59 Å². The SMILES string of the molecule is CC(=O)c1ccc(C(=O)Nc2ccc(SC3CCCC3)cc2)s1. The Morgan fingerprint density at radius 3 is 2.30 bits per heavy atom. The monoisotopic (exact) mass is 345 g/mol. The van der Waals surface area contributed by atoms with Gasteiger partial charge < -0.3 is 5.32 Å². The van der Waals surface area contributed by atoms with Crippen molar-refractivity contribution in [2.24, 2.45) is 0 Å². The standard InChI is InChI=1S/C18H19NO2S2/c1-12(20)16-10-11-17(23-16)18(21)19-13-6-8-15(9-7-13)22-14-4-2-3-5-14/h6-11,14H,2-5H2,1H3,(H,19,21). The molecule has 0 aliphatic heterocycles. The second-order valence-corrected chi connectivity index (χ2v) is 8.18. The molecule has 23 heavy (non-hydrogen) atoms. The zero-order chi connectivity index (χ0) is 16.2. The normalized spacial score (nSPS) is 14.8. The third-order valence-corrected chi connectivity index (χ3v) is 6.43. The van der Waals surface area contributed by atoms with Crippen LogP contribution in [0.25, 0.3) is 0 Å². The van der Waals surface area contributed by atoms with E-state index in [4.69, 9.17) is 0 Å². The Morgan fingerprint density at radius 2 is 1.70 bits per heavy atom. The Balaban J connectivity index is 1.60. The van der Waals surface area contributed by atoms with Gasteiger partial charge in [-0.1, -0.05) is 12.8 Å². The number of ketones is 1. The topological polar surface area (TPSA) is 46.2 Å². The molecular formula is C18H19NO2S2. The number of benzene rings is 1. The van der Waals surface area contributed by atoms with Crippen LogP contribution in [-0.4, -0.2) is 16.9 Å². The predicted octanol–water partition coefficient (Wildman–Crippen LogP) is 5.24. The van der Waals surface area contributed by atoms with E-state index in [0.29, 0.717) is 9.75 Å². The minimum atomic E-state index is -0.168. The van der Waals surface area contributed by atoms with Crippen molar-refractivity contribution in [2.45, 2.75) is 42.8 Å². The van der Waals surface area contributed by atoms with Gasteiger partial charge in [0, 0.05) is 15.8 Å². The zero-order valence-corrected chi connectivity index (χ0v) is 14.6. The van der Waals surface area contributed by atoms with Gasteiger partial charge in [-0.2, -0.15) is 0 Å². The number of hydrogen-bond acceptors (Lipinski definition) is 4. The molecule has 5 heteroatoms. The molecular weight excluding hydrogens is 326 g/mol. The van der Waals surface area contributed by atoms with Gasteiger partial charge in [0.1, 0.15) is 0 Å². The van der Waals surface area contributed by atoms with Gasteiger partial charge in [-0.15, -0.1) is 23.1 Å². The number of nitrogens with one attached hydrogen (secondary N) is 1. The molecule has 2 aromatic rings. The van der Waals surface area contributed by atoms with E-state index in [1.54, 1.807) is 12.1 Å². The van der Waals surface area contributed by atoms with Crippen LogP contribution in [-0.2, 0) is 0 Å². The Labute approximate surface area is 144 Å². The van der Waals surface area contributed by atoms with Crippen molar-refractivity contribution >= 4 is 40.5 Å². The summed E-state index contributed by atoms with van der Waals surface area (Å²) in [5, 5.41) is 3.62. The van der Waals surface area contributed by atoms with E-state index in [1.165, 1.54) is 48.8 Å². The van der Waals surface area contributed by atoms with Gasteiger partial charge in [0.2, 0.25) is 0 Å². The van der Waals surface area contributed by atoms with E-state index >= 15 is 0 Å². The molecule has 1 aliphatic rings. The summed E-state index contributed by atoms with van der Waals surface area (Å²) in [5.74, 6) is -0.180. The molecule has 0 atom stereocenters. The highest BCUT2D eigenvalue weighted by Gasteiger charge is 2.16. The van der Waals surface area contributed by atoms with Crippen LogP contribution >= 0.6 is 23.1 Å². The lowest BCUT2D eigenvalue weighted by Crippen LogP contribution is -2.09. The summed E-state index contributed by atoms with van der Waals surface area (Å²) in [7, 11) is 0. The Morgan fingerprint density at radius 1 is 1.04 bits per heavy atom. The summed E-state index contributed by atoms with van der Waals surface area (Å²) in [4.78, 5) is 25.9. The number of rotatable bonds is 5. The minimum absolute atomic E-state index is 0.0117. The first-order valence-corrected chi connectivity index (χ1v) is 9.50. The highest BCUT2D eigenvalue weighted by atomic mass is 32.2. The number of carbonyl (C=O) groups excluding carboxylic acids is 2. The molecule has 0 bridgehead atoms. The predicted molar refractivity (Wildman–Crippen MR) is 96.8 cm³/mol. The largest absolute Gasteiger partial charge is 0.321 e. The Bertz CT molecular complexity index is 700. The zero-order valence-electron chi connectivity index (χ0n) is 13.0. The molecule has 1 aliphatic carbocycles. The van der Waals surface area contributed by atoms with E-state index in [0.717, 1.165) is 10.9 Å². The number of amides is 1. The number of Topliss-reactive ketones (excluding diaryl/α,β-unsaturated/α-hetero) is 1.